The van der Waals surface area contributed by atoms with Gasteiger partial charge >= 0.3 is 0 Å². The van der Waals surface area contributed by atoms with E-state index in [1.165, 1.54) is 32.7 Å². The summed E-state index contributed by atoms with van der Waals surface area (Å²) >= 11 is 0. The molecule has 0 unspecified atom stereocenters. The number of rotatable bonds is 4. The van der Waals surface area contributed by atoms with Crippen LogP contribution in [-0.2, 0) is 0 Å². The van der Waals surface area contributed by atoms with Gasteiger partial charge in [0.1, 0.15) is 0 Å². The minimum atomic E-state index is -0.617. The van der Waals surface area contributed by atoms with Crippen molar-refractivity contribution in [1.82, 2.24) is 0 Å². The summed E-state index contributed by atoms with van der Waals surface area (Å²) in [5.41, 5.74) is 4.16. The highest BCUT2D eigenvalue weighted by Crippen LogP contribution is 2.42. The molecule has 0 heterocycles. The molecule has 0 spiro atoms. The molecule has 0 saturated heterocycles. The van der Waals surface area contributed by atoms with Crippen molar-refractivity contribution in [2.45, 2.75) is 26.3 Å². The lowest BCUT2D eigenvalue weighted by molar-refractivity contribution is 0.539. The first-order valence-electron chi connectivity index (χ1n) is 9.46. The Morgan fingerprint density at radius 2 is 1.26 bits per heavy atom. The van der Waals surface area contributed by atoms with E-state index >= 15 is 0 Å². The highest BCUT2D eigenvalue weighted by molar-refractivity contribution is 7.80. The number of benzene rings is 3. The van der Waals surface area contributed by atoms with Gasteiger partial charge in [-0.25, -0.2) is 0 Å². The first kappa shape index (κ1) is 18.0. The molecule has 3 aromatic carbocycles. The maximum absolute atomic E-state index is 2.45. The lowest BCUT2D eigenvalue weighted by Gasteiger charge is -2.39. The Morgan fingerprint density at radius 1 is 0.704 bits per heavy atom. The Bertz CT molecular complexity index is 929. The minimum Gasteiger partial charge on any atom is -0.369 e. The van der Waals surface area contributed by atoms with Crippen molar-refractivity contribution >= 4 is 41.7 Å². The van der Waals surface area contributed by atoms with Crippen LogP contribution in [0, 0.1) is 0 Å². The zero-order valence-electron chi connectivity index (χ0n) is 16.5. The topological polar surface area (TPSA) is 3.24 Å². The van der Waals surface area contributed by atoms with Crippen LogP contribution in [0.15, 0.2) is 72.8 Å². The molecule has 0 N–H and O–H groups in total. The lowest BCUT2D eigenvalue weighted by atomic mass is 9.93. The van der Waals surface area contributed by atoms with Crippen LogP contribution in [0.5, 0.6) is 0 Å². The van der Waals surface area contributed by atoms with Gasteiger partial charge in [-0.05, 0) is 44.9 Å². The average Bonchev–Trinajstić information content (AvgIpc) is 2.64. The molecule has 2 heteroatoms. The lowest BCUT2D eigenvalue weighted by Crippen LogP contribution is -2.42. The van der Waals surface area contributed by atoms with Crippen LogP contribution < -0.4 is 20.8 Å². The van der Waals surface area contributed by atoms with Crippen LogP contribution in [-0.4, -0.2) is 12.6 Å². The summed E-state index contributed by atoms with van der Waals surface area (Å²) in [6.45, 7) is 6.85. The standard InChI is InChI=1S/C25H26NP/c1-25(2,3)26(4)24-22-17-15-19(22)16-18-23(24)27(20-11-7-5-8-12-20)21-13-9-6-10-14-21/h5-18H,1-4H3. The average molecular weight is 371 g/mol. The quantitative estimate of drug-likeness (QED) is 0.448. The summed E-state index contributed by atoms with van der Waals surface area (Å²) in [5.74, 6) is 0. The van der Waals surface area contributed by atoms with E-state index in [1.807, 2.05) is 0 Å². The predicted molar refractivity (Wildman–Crippen MR) is 122 cm³/mol. The highest BCUT2D eigenvalue weighted by Gasteiger charge is 2.29. The number of anilines is 1. The highest BCUT2D eigenvalue weighted by atomic mass is 31.1. The van der Waals surface area contributed by atoms with Gasteiger partial charge in [0.15, 0.2) is 0 Å². The van der Waals surface area contributed by atoms with Crippen molar-refractivity contribution in [3.63, 3.8) is 0 Å². The molecule has 1 nitrogen and oxygen atoms in total. The third-order valence-electron chi connectivity index (χ3n) is 5.27. The molecule has 4 rings (SSSR count). The molecular weight excluding hydrogens is 345 g/mol. The molecule has 0 radical (unpaired) electrons. The Balaban J connectivity index is 1.96. The number of hydrogen-bond donors (Lipinski definition) is 0. The Labute approximate surface area is 164 Å². The van der Waals surface area contributed by atoms with E-state index in [-0.39, 0.29) is 5.54 Å². The third kappa shape index (κ3) is 3.33. The Kier molecular flexibility index (Phi) is 4.66. The SMILES string of the molecule is CN(c1c(P(c2ccccc2)c2ccccc2)ccc2c1C=C2)C(C)(C)C. The van der Waals surface area contributed by atoms with Gasteiger partial charge in [0.05, 0.1) is 5.69 Å². The number of hydrogen-bond acceptors (Lipinski definition) is 1. The van der Waals surface area contributed by atoms with Crippen LogP contribution in [0.4, 0.5) is 5.69 Å². The third-order valence-corrected chi connectivity index (χ3v) is 7.74. The summed E-state index contributed by atoms with van der Waals surface area (Å²) in [6, 6.07) is 26.5. The molecule has 136 valence electrons. The normalized spacial score (nSPS) is 12.6. The van der Waals surface area contributed by atoms with E-state index in [0.29, 0.717) is 0 Å². The summed E-state index contributed by atoms with van der Waals surface area (Å²) < 4.78 is 0. The molecule has 0 amide bonds. The molecule has 0 aliphatic heterocycles. The molecule has 0 aromatic heterocycles. The zero-order valence-corrected chi connectivity index (χ0v) is 17.4. The van der Waals surface area contributed by atoms with E-state index < -0.39 is 7.92 Å². The van der Waals surface area contributed by atoms with Crippen molar-refractivity contribution in [2.75, 3.05) is 11.9 Å². The first-order valence-corrected chi connectivity index (χ1v) is 10.8. The van der Waals surface area contributed by atoms with Gasteiger partial charge in [0.2, 0.25) is 0 Å². The maximum Gasteiger partial charge on any atom is 0.0532 e. The van der Waals surface area contributed by atoms with Crippen molar-refractivity contribution in [1.29, 1.82) is 0 Å². The second-order valence-electron chi connectivity index (χ2n) is 8.01. The van der Waals surface area contributed by atoms with Gasteiger partial charge in [0, 0.05) is 23.5 Å². The zero-order chi connectivity index (χ0) is 19.0. The molecule has 0 bridgehead atoms. The molecular formula is C25H26NP. The van der Waals surface area contributed by atoms with Gasteiger partial charge in [-0.2, -0.15) is 0 Å². The van der Waals surface area contributed by atoms with Gasteiger partial charge in [0.25, 0.3) is 0 Å². The monoisotopic (exact) mass is 371 g/mol. The first-order chi connectivity index (χ1) is 13.0. The fraction of sp³-hybridized carbons (Fsp3) is 0.200. The fourth-order valence-corrected chi connectivity index (χ4v) is 5.96. The van der Waals surface area contributed by atoms with E-state index in [9.17, 15) is 0 Å². The maximum atomic E-state index is 2.45. The van der Waals surface area contributed by atoms with Crippen LogP contribution in [0.3, 0.4) is 0 Å². The van der Waals surface area contributed by atoms with Gasteiger partial charge in [-0.3, -0.25) is 0 Å². The van der Waals surface area contributed by atoms with Crippen molar-refractivity contribution in [2.24, 2.45) is 0 Å². The minimum absolute atomic E-state index is 0.0572. The Hall–Kier alpha value is -2.37. The van der Waals surface area contributed by atoms with Crippen LogP contribution in [0.2, 0.25) is 0 Å². The molecule has 0 fully saturated rings. The number of fused-ring (bicyclic) bond motifs is 1. The molecule has 27 heavy (non-hydrogen) atoms. The van der Waals surface area contributed by atoms with Gasteiger partial charge < -0.3 is 4.90 Å². The van der Waals surface area contributed by atoms with Gasteiger partial charge in [-0.15, -0.1) is 0 Å². The summed E-state index contributed by atoms with van der Waals surface area (Å²) in [4.78, 5) is 2.45. The second-order valence-corrected chi connectivity index (χ2v) is 10.2. The van der Waals surface area contributed by atoms with E-state index in [2.05, 4.69) is 118 Å². The number of nitrogens with zero attached hydrogens (tertiary/aromatic N) is 1. The van der Waals surface area contributed by atoms with Gasteiger partial charge in [-0.1, -0.05) is 84.9 Å². The van der Waals surface area contributed by atoms with Crippen molar-refractivity contribution < 1.29 is 0 Å². The van der Waals surface area contributed by atoms with Crippen molar-refractivity contribution in [3.05, 3.63) is 83.9 Å². The molecule has 0 saturated carbocycles. The van der Waals surface area contributed by atoms with Crippen LogP contribution >= 0.6 is 7.92 Å². The summed E-state index contributed by atoms with van der Waals surface area (Å²) in [7, 11) is 1.61. The van der Waals surface area contributed by atoms with E-state index in [0.717, 1.165) is 0 Å². The predicted octanol–water partition coefficient (Wildman–Crippen LogP) is 5.16. The molecule has 1 aliphatic rings. The largest absolute Gasteiger partial charge is 0.369 e. The van der Waals surface area contributed by atoms with E-state index in [4.69, 9.17) is 0 Å². The second kappa shape index (κ2) is 6.98. The fourth-order valence-electron chi connectivity index (χ4n) is 3.46. The molecule has 3 aromatic rings. The van der Waals surface area contributed by atoms with Crippen LogP contribution in [0.1, 0.15) is 31.9 Å². The summed E-state index contributed by atoms with van der Waals surface area (Å²) in [5, 5.41) is 4.22. The molecule has 1 aliphatic carbocycles. The smallest absolute Gasteiger partial charge is 0.0532 e. The van der Waals surface area contributed by atoms with Crippen molar-refractivity contribution in [3.8, 4) is 0 Å². The Morgan fingerprint density at radius 3 is 1.70 bits per heavy atom. The summed E-state index contributed by atoms with van der Waals surface area (Å²) in [6.07, 6.45) is 4.48. The molecule has 0 atom stereocenters. The van der Waals surface area contributed by atoms with Crippen LogP contribution in [0.25, 0.3) is 12.2 Å². The van der Waals surface area contributed by atoms with E-state index in [1.54, 1.807) is 0 Å².